The number of aliphatic hydroxyl groups is 1. The normalized spacial score (nSPS) is 29.0. The van der Waals surface area contributed by atoms with Crippen LogP contribution >= 0.6 is 0 Å². The maximum Gasteiger partial charge on any atom is 0.360 e. The highest BCUT2D eigenvalue weighted by Gasteiger charge is 2.43. The third-order valence-corrected chi connectivity index (χ3v) is 4.67. The zero-order valence-corrected chi connectivity index (χ0v) is 12.4. The molecule has 6 nitrogen and oxygen atoms in total. The summed E-state index contributed by atoms with van der Waals surface area (Å²) in [5.41, 5.74) is -0.318. The molecule has 2 unspecified atom stereocenters. The molecule has 0 aromatic carbocycles. The van der Waals surface area contributed by atoms with Crippen LogP contribution in [0.3, 0.4) is 0 Å². The van der Waals surface area contributed by atoms with Gasteiger partial charge in [-0.2, -0.15) is 4.98 Å². The van der Waals surface area contributed by atoms with Crippen LogP contribution < -0.4 is 4.90 Å². The number of ether oxygens (including phenoxy) is 1. The fraction of sp³-hybridized carbons (Fsp3) is 0.733. The van der Waals surface area contributed by atoms with Gasteiger partial charge in [0.25, 0.3) is 6.01 Å². The first-order valence-corrected chi connectivity index (χ1v) is 7.72. The molecule has 0 spiro atoms. The van der Waals surface area contributed by atoms with Gasteiger partial charge in [0, 0.05) is 19.0 Å². The summed E-state index contributed by atoms with van der Waals surface area (Å²) < 4.78 is 10.3. The van der Waals surface area contributed by atoms with Gasteiger partial charge in [0.15, 0.2) is 5.69 Å². The number of anilines is 1. The second kappa shape index (κ2) is 5.67. The Hall–Kier alpha value is -1.56. The van der Waals surface area contributed by atoms with Gasteiger partial charge in [0.2, 0.25) is 0 Å². The van der Waals surface area contributed by atoms with E-state index in [2.05, 4.69) is 4.98 Å². The number of oxazole rings is 1. The second-order valence-corrected chi connectivity index (χ2v) is 5.98. The molecule has 1 N–H and O–H groups in total. The Bertz CT molecular complexity index is 516. The smallest absolute Gasteiger partial charge is 0.360 e. The molecule has 1 aliphatic heterocycles. The fourth-order valence-electron chi connectivity index (χ4n) is 3.45. The molecule has 1 saturated heterocycles. The molecular weight excluding hydrogens is 272 g/mol. The number of piperidine rings is 1. The van der Waals surface area contributed by atoms with Gasteiger partial charge in [-0.1, -0.05) is 12.8 Å². The Kier molecular flexibility index (Phi) is 3.89. The highest BCUT2D eigenvalue weighted by atomic mass is 16.5. The quantitative estimate of drug-likeness (QED) is 0.859. The highest BCUT2D eigenvalue weighted by Crippen LogP contribution is 2.40. The van der Waals surface area contributed by atoms with Gasteiger partial charge in [-0.15, -0.1) is 0 Å². The summed E-state index contributed by atoms with van der Waals surface area (Å²) in [4.78, 5) is 17.9. The number of carbonyl (C=O) groups is 1. The number of hydrogen-bond donors (Lipinski definition) is 1. The first-order valence-electron chi connectivity index (χ1n) is 7.72. The summed E-state index contributed by atoms with van der Waals surface area (Å²) in [5, 5.41) is 10.7. The van der Waals surface area contributed by atoms with E-state index < -0.39 is 11.6 Å². The average Bonchev–Trinajstić information content (AvgIpc) is 2.96. The predicted octanol–water partition coefficient (Wildman–Crippen LogP) is 1.98. The number of esters is 1. The van der Waals surface area contributed by atoms with Crippen LogP contribution in [0, 0.1) is 5.92 Å². The zero-order valence-electron chi connectivity index (χ0n) is 12.4. The minimum absolute atomic E-state index is 0.205. The molecule has 1 aromatic rings. The van der Waals surface area contributed by atoms with Crippen molar-refractivity contribution in [3.63, 3.8) is 0 Å². The Morgan fingerprint density at radius 3 is 3.24 bits per heavy atom. The van der Waals surface area contributed by atoms with E-state index in [4.69, 9.17) is 9.15 Å². The summed E-state index contributed by atoms with van der Waals surface area (Å²) >= 11 is 0. The summed E-state index contributed by atoms with van der Waals surface area (Å²) in [5.74, 6) is -0.198. The van der Waals surface area contributed by atoms with Crippen LogP contribution in [0.15, 0.2) is 10.7 Å². The second-order valence-electron chi connectivity index (χ2n) is 5.98. The Morgan fingerprint density at radius 2 is 2.43 bits per heavy atom. The van der Waals surface area contributed by atoms with Crippen molar-refractivity contribution in [1.29, 1.82) is 0 Å². The molecule has 1 saturated carbocycles. The molecule has 1 aliphatic carbocycles. The lowest BCUT2D eigenvalue weighted by atomic mass is 9.71. The van der Waals surface area contributed by atoms with Crippen LogP contribution in [-0.4, -0.2) is 41.4 Å². The van der Waals surface area contributed by atoms with Crippen LogP contribution in [0.25, 0.3) is 0 Å². The van der Waals surface area contributed by atoms with E-state index in [-0.39, 0.29) is 11.6 Å². The largest absolute Gasteiger partial charge is 0.461 e. The molecule has 0 radical (unpaired) electrons. The number of aromatic nitrogens is 1. The summed E-state index contributed by atoms with van der Waals surface area (Å²) in [6.45, 7) is 3.52. The monoisotopic (exact) mass is 294 g/mol. The first-order chi connectivity index (χ1) is 10.1. The minimum atomic E-state index is -0.523. The van der Waals surface area contributed by atoms with Crippen molar-refractivity contribution in [3.05, 3.63) is 12.0 Å². The molecule has 2 aliphatic rings. The van der Waals surface area contributed by atoms with E-state index in [1.54, 1.807) is 6.92 Å². The van der Waals surface area contributed by atoms with Gasteiger partial charge >= 0.3 is 5.97 Å². The van der Waals surface area contributed by atoms with Crippen LogP contribution in [0.4, 0.5) is 6.01 Å². The zero-order chi connectivity index (χ0) is 14.9. The van der Waals surface area contributed by atoms with Gasteiger partial charge in [-0.3, -0.25) is 0 Å². The van der Waals surface area contributed by atoms with Gasteiger partial charge in [-0.25, -0.2) is 4.79 Å². The van der Waals surface area contributed by atoms with Crippen molar-refractivity contribution in [2.24, 2.45) is 5.92 Å². The van der Waals surface area contributed by atoms with Crippen molar-refractivity contribution in [1.82, 2.24) is 4.98 Å². The molecule has 1 aromatic heterocycles. The number of rotatable bonds is 3. The van der Waals surface area contributed by atoms with Crippen molar-refractivity contribution in [3.8, 4) is 0 Å². The molecule has 2 fully saturated rings. The molecule has 116 valence electrons. The van der Waals surface area contributed by atoms with E-state index in [0.717, 1.165) is 32.2 Å². The van der Waals surface area contributed by atoms with Gasteiger partial charge in [0.1, 0.15) is 6.26 Å². The Morgan fingerprint density at radius 1 is 1.57 bits per heavy atom. The number of nitrogens with zero attached hydrogens (tertiary/aromatic N) is 2. The van der Waals surface area contributed by atoms with Gasteiger partial charge in [-0.05, 0) is 26.2 Å². The third kappa shape index (κ3) is 2.77. The maximum absolute atomic E-state index is 11.6. The topological polar surface area (TPSA) is 75.8 Å². The molecule has 2 heterocycles. The molecule has 21 heavy (non-hydrogen) atoms. The molecular formula is C15H22N2O4. The fourth-order valence-corrected chi connectivity index (χ4v) is 3.45. The Labute approximate surface area is 124 Å². The summed E-state index contributed by atoms with van der Waals surface area (Å²) in [6, 6.07) is 0.450. The average molecular weight is 294 g/mol. The lowest BCUT2D eigenvalue weighted by Gasteiger charge is -2.46. The molecule has 3 rings (SSSR count). The molecule has 6 heteroatoms. The number of fused-ring (bicyclic) bond motifs is 1. The summed E-state index contributed by atoms with van der Waals surface area (Å²) in [7, 11) is 0. The minimum Gasteiger partial charge on any atom is -0.461 e. The van der Waals surface area contributed by atoms with Crippen molar-refractivity contribution in [2.45, 2.75) is 44.6 Å². The molecule has 0 bridgehead atoms. The number of carbonyl (C=O) groups excluding carboxylic acids is 1. The predicted molar refractivity (Wildman–Crippen MR) is 76.2 cm³/mol. The molecule has 0 amide bonds. The van der Waals surface area contributed by atoms with Crippen molar-refractivity contribution >= 4 is 12.0 Å². The lowest BCUT2D eigenvalue weighted by molar-refractivity contribution is -0.0618. The standard InChI is InChI=1S/C15H22N2O4/c1-2-20-13(18)12-10-21-14(16-12)17-8-7-15(19)6-4-3-5-11(15)9-17/h10-11,19H,2-9H2,1H3. The van der Waals surface area contributed by atoms with Crippen LogP contribution in [0.1, 0.15) is 49.5 Å². The van der Waals surface area contributed by atoms with Crippen LogP contribution in [0.2, 0.25) is 0 Å². The first kappa shape index (κ1) is 14.4. The van der Waals surface area contributed by atoms with E-state index in [0.29, 0.717) is 19.2 Å². The van der Waals surface area contributed by atoms with E-state index in [9.17, 15) is 9.90 Å². The van der Waals surface area contributed by atoms with Crippen molar-refractivity contribution < 1.29 is 19.1 Å². The van der Waals surface area contributed by atoms with E-state index >= 15 is 0 Å². The summed E-state index contributed by atoms with van der Waals surface area (Å²) in [6.07, 6.45) is 6.28. The van der Waals surface area contributed by atoms with Crippen LogP contribution in [-0.2, 0) is 4.74 Å². The van der Waals surface area contributed by atoms with Gasteiger partial charge in [0.05, 0.1) is 12.2 Å². The van der Waals surface area contributed by atoms with Crippen LogP contribution in [0.5, 0.6) is 0 Å². The third-order valence-electron chi connectivity index (χ3n) is 4.67. The maximum atomic E-state index is 11.6. The van der Waals surface area contributed by atoms with E-state index in [1.807, 2.05) is 4.90 Å². The highest BCUT2D eigenvalue weighted by molar-refractivity contribution is 5.87. The molecule has 2 atom stereocenters. The Balaban J connectivity index is 1.69. The van der Waals surface area contributed by atoms with E-state index in [1.165, 1.54) is 12.7 Å². The van der Waals surface area contributed by atoms with Crippen molar-refractivity contribution in [2.75, 3.05) is 24.6 Å². The SMILES string of the molecule is CCOC(=O)c1coc(N2CCC3(O)CCCCC3C2)n1. The number of hydrogen-bond acceptors (Lipinski definition) is 6. The lowest BCUT2D eigenvalue weighted by Crippen LogP contribution is -2.53. The van der Waals surface area contributed by atoms with Gasteiger partial charge < -0.3 is 19.2 Å².